The maximum Gasteiger partial charge on any atom is 0.221 e. The topological polar surface area (TPSA) is 57.8 Å². The van der Waals surface area contributed by atoms with Crippen LogP contribution in [0.15, 0.2) is 53.4 Å². The molecular weight excluding hydrogens is 361 g/mol. The predicted molar refractivity (Wildman–Crippen MR) is 108 cm³/mol. The number of fused-ring (bicyclic) bond motifs is 1. The molecule has 0 aliphatic heterocycles. The molecule has 0 radical (unpaired) electrons. The van der Waals surface area contributed by atoms with Gasteiger partial charge in [0.25, 0.3) is 0 Å². The molecule has 142 valence electrons. The van der Waals surface area contributed by atoms with E-state index in [1.54, 1.807) is 23.9 Å². The molecule has 0 aliphatic carbocycles. The fourth-order valence-corrected chi connectivity index (χ4v) is 3.73. The van der Waals surface area contributed by atoms with E-state index >= 15 is 0 Å². The monoisotopic (exact) mass is 385 g/mol. The summed E-state index contributed by atoms with van der Waals surface area (Å²) in [5, 5.41) is 3.13. The van der Waals surface area contributed by atoms with Gasteiger partial charge in [-0.2, -0.15) is 0 Å². The van der Waals surface area contributed by atoms with Crippen LogP contribution in [0.5, 0.6) is 0 Å². The fraction of sp³-hybridized carbons (Fsp3) is 0.333. The number of nitrogens with one attached hydrogen (secondary N) is 2. The van der Waals surface area contributed by atoms with Gasteiger partial charge in [-0.3, -0.25) is 4.79 Å². The van der Waals surface area contributed by atoms with Gasteiger partial charge in [0.15, 0.2) is 0 Å². The Morgan fingerprint density at radius 1 is 1.22 bits per heavy atom. The lowest BCUT2D eigenvalue weighted by Gasteiger charge is -2.22. The van der Waals surface area contributed by atoms with Crippen molar-refractivity contribution in [3.8, 4) is 0 Å². The van der Waals surface area contributed by atoms with E-state index < -0.39 is 0 Å². The molecular formula is C21H24FN3OS. The van der Waals surface area contributed by atoms with Crippen LogP contribution in [0.25, 0.3) is 11.0 Å². The second-order valence-electron chi connectivity index (χ2n) is 6.62. The summed E-state index contributed by atoms with van der Waals surface area (Å²) in [7, 11) is 0. The van der Waals surface area contributed by atoms with E-state index in [2.05, 4.69) is 29.1 Å². The second-order valence-corrected chi connectivity index (χ2v) is 7.79. The van der Waals surface area contributed by atoms with Gasteiger partial charge < -0.3 is 10.3 Å². The van der Waals surface area contributed by atoms with Crippen molar-refractivity contribution in [1.29, 1.82) is 0 Å². The molecule has 0 fully saturated rings. The average molecular weight is 386 g/mol. The second kappa shape index (κ2) is 9.04. The predicted octanol–water partition coefficient (Wildman–Crippen LogP) is 5.09. The highest BCUT2D eigenvalue weighted by Crippen LogP contribution is 2.25. The minimum atomic E-state index is -0.251. The number of thioether (sulfide) groups is 1. The number of halogens is 1. The Morgan fingerprint density at radius 3 is 2.67 bits per heavy atom. The van der Waals surface area contributed by atoms with Gasteiger partial charge in [-0.25, -0.2) is 9.37 Å². The molecule has 0 saturated heterocycles. The van der Waals surface area contributed by atoms with Crippen LogP contribution in [-0.4, -0.2) is 21.6 Å². The third-order valence-corrected chi connectivity index (χ3v) is 5.66. The highest BCUT2D eigenvalue weighted by molar-refractivity contribution is 7.99. The summed E-state index contributed by atoms with van der Waals surface area (Å²) >= 11 is 1.55. The number of amides is 1. The number of para-hydroxylation sites is 2. The molecule has 4 nitrogen and oxygen atoms in total. The number of carbonyl (C=O) groups excluding carboxylic acids is 1. The third-order valence-electron chi connectivity index (χ3n) is 4.64. The average Bonchev–Trinajstić information content (AvgIpc) is 3.11. The van der Waals surface area contributed by atoms with E-state index in [9.17, 15) is 9.18 Å². The molecule has 3 aromatic rings. The number of hydrogen-bond donors (Lipinski definition) is 2. The van der Waals surface area contributed by atoms with E-state index in [0.29, 0.717) is 12.2 Å². The lowest BCUT2D eigenvalue weighted by Crippen LogP contribution is -2.33. The van der Waals surface area contributed by atoms with Gasteiger partial charge in [0.1, 0.15) is 11.6 Å². The van der Waals surface area contributed by atoms with Gasteiger partial charge in [-0.1, -0.05) is 32.4 Å². The van der Waals surface area contributed by atoms with Crippen molar-refractivity contribution in [2.24, 2.45) is 5.92 Å². The Bertz CT molecular complexity index is 861. The van der Waals surface area contributed by atoms with Gasteiger partial charge >= 0.3 is 0 Å². The third kappa shape index (κ3) is 5.10. The number of nitrogens with zero attached hydrogens (tertiary/aromatic N) is 1. The fourth-order valence-electron chi connectivity index (χ4n) is 2.87. The van der Waals surface area contributed by atoms with Crippen molar-refractivity contribution in [2.45, 2.75) is 37.6 Å². The quantitative estimate of drug-likeness (QED) is 0.531. The molecule has 0 aliphatic rings. The van der Waals surface area contributed by atoms with Crippen LogP contribution in [-0.2, 0) is 4.79 Å². The summed E-state index contributed by atoms with van der Waals surface area (Å²) in [4.78, 5) is 21.4. The van der Waals surface area contributed by atoms with Crippen LogP contribution in [0.4, 0.5) is 4.39 Å². The summed E-state index contributed by atoms with van der Waals surface area (Å²) in [6.07, 6.45) is 1.33. The number of aromatic amines is 1. The first-order valence-corrected chi connectivity index (χ1v) is 10.2. The number of aromatic nitrogens is 2. The number of carbonyl (C=O) groups is 1. The van der Waals surface area contributed by atoms with E-state index in [-0.39, 0.29) is 23.7 Å². The SMILES string of the molecule is CCC(C)C(NC(=O)CCSc1ccc(F)cc1)c1nc2ccccc2[nH]1. The number of rotatable bonds is 8. The summed E-state index contributed by atoms with van der Waals surface area (Å²) in [6, 6.07) is 14.1. The van der Waals surface area contributed by atoms with E-state index in [1.807, 2.05) is 24.3 Å². The van der Waals surface area contributed by atoms with Gasteiger partial charge in [0, 0.05) is 17.1 Å². The zero-order valence-electron chi connectivity index (χ0n) is 15.5. The molecule has 0 spiro atoms. The maximum absolute atomic E-state index is 12.9. The van der Waals surface area contributed by atoms with Crippen LogP contribution in [0.3, 0.4) is 0 Å². The van der Waals surface area contributed by atoms with Gasteiger partial charge in [0.05, 0.1) is 17.1 Å². The van der Waals surface area contributed by atoms with Crippen LogP contribution >= 0.6 is 11.8 Å². The lowest BCUT2D eigenvalue weighted by atomic mass is 9.98. The molecule has 1 heterocycles. The van der Waals surface area contributed by atoms with E-state index in [1.165, 1.54) is 12.1 Å². The number of benzene rings is 2. The van der Waals surface area contributed by atoms with Crippen LogP contribution in [0.2, 0.25) is 0 Å². The lowest BCUT2D eigenvalue weighted by molar-refractivity contribution is -0.121. The first-order valence-electron chi connectivity index (χ1n) is 9.19. The molecule has 0 saturated carbocycles. The van der Waals surface area contributed by atoms with Crippen molar-refractivity contribution >= 4 is 28.7 Å². The standard InChI is InChI=1S/C21H24FN3OS/c1-3-14(2)20(21-23-17-6-4-5-7-18(17)24-21)25-19(26)12-13-27-16-10-8-15(22)9-11-16/h4-11,14,20H,3,12-13H2,1-2H3,(H,23,24)(H,25,26). The van der Waals surface area contributed by atoms with Gasteiger partial charge in [-0.05, 0) is 42.3 Å². The van der Waals surface area contributed by atoms with Crippen LogP contribution in [0, 0.1) is 11.7 Å². The zero-order valence-corrected chi connectivity index (χ0v) is 16.4. The summed E-state index contributed by atoms with van der Waals surface area (Å²) in [6.45, 7) is 4.22. The molecule has 0 bridgehead atoms. The Kier molecular flexibility index (Phi) is 6.50. The van der Waals surface area contributed by atoms with Gasteiger partial charge in [-0.15, -0.1) is 11.8 Å². The summed E-state index contributed by atoms with van der Waals surface area (Å²) in [5.41, 5.74) is 1.88. The Morgan fingerprint density at radius 2 is 1.96 bits per heavy atom. The smallest absolute Gasteiger partial charge is 0.221 e. The molecule has 6 heteroatoms. The molecule has 1 amide bonds. The highest BCUT2D eigenvalue weighted by Gasteiger charge is 2.23. The van der Waals surface area contributed by atoms with Crippen LogP contribution < -0.4 is 5.32 Å². The molecule has 2 aromatic carbocycles. The van der Waals surface area contributed by atoms with Gasteiger partial charge in [0.2, 0.25) is 5.91 Å². The van der Waals surface area contributed by atoms with E-state index in [0.717, 1.165) is 28.2 Å². The molecule has 3 rings (SSSR count). The first kappa shape index (κ1) is 19.4. The van der Waals surface area contributed by atoms with Crippen molar-refractivity contribution in [3.05, 3.63) is 60.2 Å². The van der Waals surface area contributed by atoms with E-state index in [4.69, 9.17) is 0 Å². The largest absolute Gasteiger partial charge is 0.346 e. The number of imidazole rings is 1. The van der Waals surface area contributed by atoms with Crippen LogP contribution in [0.1, 0.15) is 38.6 Å². The molecule has 2 N–H and O–H groups in total. The Labute approximate surface area is 163 Å². The molecule has 2 atom stereocenters. The zero-order chi connectivity index (χ0) is 19.2. The van der Waals surface area contributed by atoms with Crippen molar-refractivity contribution in [2.75, 3.05) is 5.75 Å². The van der Waals surface area contributed by atoms with Crippen molar-refractivity contribution < 1.29 is 9.18 Å². The minimum Gasteiger partial charge on any atom is -0.346 e. The Balaban J connectivity index is 1.61. The number of hydrogen-bond acceptors (Lipinski definition) is 3. The highest BCUT2D eigenvalue weighted by atomic mass is 32.2. The van der Waals surface area contributed by atoms with Crippen molar-refractivity contribution in [3.63, 3.8) is 0 Å². The normalized spacial score (nSPS) is 13.4. The first-order chi connectivity index (χ1) is 13.1. The summed E-state index contributed by atoms with van der Waals surface area (Å²) in [5.74, 6) is 1.45. The molecule has 2 unspecified atom stereocenters. The number of H-pyrrole nitrogens is 1. The molecule has 1 aromatic heterocycles. The van der Waals surface area contributed by atoms with Crippen molar-refractivity contribution in [1.82, 2.24) is 15.3 Å². The maximum atomic E-state index is 12.9. The minimum absolute atomic E-state index is 0.00429. The molecule has 27 heavy (non-hydrogen) atoms. The Hall–Kier alpha value is -2.34. The summed E-state index contributed by atoms with van der Waals surface area (Å²) < 4.78 is 12.9.